The maximum Gasteiger partial charge on any atom is 0.242 e. The number of amides is 2. The summed E-state index contributed by atoms with van der Waals surface area (Å²) in [7, 11) is 1.60. The van der Waals surface area contributed by atoms with Gasteiger partial charge in [-0.3, -0.25) is 9.59 Å². The number of aryl methyl sites for hydroxylation is 3. The summed E-state index contributed by atoms with van der Waals surface area (Å²) in [6.07, 6.45) is 0. The van der Waals surface area contributed by atoms with Crippen LogP contribution in [0.2, 0.25) is 0 Å². The van der Waals surface area contributed by atoms with E-state index in [0.29, 0.717) is 12.3 Å². The van der Waals surface area contributed by atoms with E-state index in [9.17, 15) is 9.59 Å². The van der Waals surface area contributed by atoms with Crippen LogP contribution in [0.3, 0.4) is 0 Å². The van der Waals surface area contributed by atoms with E-state index in [0.717, 1.165) is 16.9 Å². The topological polar surface area (TPSA) is 49.4 Å². The summed E-state index contributed by atoms with van der Waals surface area (Å²) in [5.41, 5.74) is 5.86. The highest BCUT2D eigenvalue weighted by atomic mass is 32.2. The van der Waals surface area contributed by atoms with Gasteiger partial charge in [0.1, 0.15) is 6.04 Å². The number of hydrogen-bond acceptors (Lipinski definition) is 3. The predicted molar refractivity (Wildman–Crippen MR) is 117 cm³/mol. The molecule has 5 heteroatoms. The first-order chi connectivity index (χ1) is 13.3. The zero-order valence-corrected chi connectivity index (χ0v) is 18.2. The van der Waals surface area contributed by atoms with Gasteiger partial charge in [0.2, 0.25) is 11.8 Å². The van der Waals surface area contributed by atoms with Crippen molar-refractivity contribution >= 4 is 23.6 Å². The second-order valence-corrected chi connectivity index (χ2v) is 8.28. The quantitative estimate of drug-likeness (QED) is 0.731. The summed E-state index contributed by atoms with van der Waals surface area (Å²) >= 11 is 1.59. The molecule has 0 aliphatic rings. The molecule has 0 saturated carbocycles. The number of nitrogens with zero attached hydrogens (tertiary/aromatic N) is 1. The number of rotatable bonds is 8. The number of carbonyl (C=O) groups excluding carboxylic acids is 2. The number of likely N-dealkylation sites (N-methyl/N-ethyl adjacent to an activating group) is 1. The van der Waals surface area contributed by atoms with E-state index in [1.54, 1.807) is 30.6 Å². The average molecular weight is 399 g/mol. The van der Waals surface area contributed by atoms with E-state index in [1.807, 2.05) is 25.1 Å². The van der Waals surface area contributed by atoms with Gasteiger partial charge in [-0.05, 0) is 38.8 Å². The summed E-state index contributed by atoms with van der Waals surface area (Å²) in [5.74, 6) is 0.952. The van der Waals surface area contributed by atoms with Gasteiger partial charge in [-0.1, -0.05) is 59.2 Å². The van der Waals surface area contributed by atoms with Crippen LogP contribution in [-0.4, -0.2) is 35.6 Å². The van der Waals surface area contributed by atoms with Crippen molar-refractivity contribution in [2.45, 2.75) is 46.0 Å². The largest absolute Gasteiger partial charge is 0.357 e. The standard InChI is InChI=1S/C23H30N2O2S/c1-16-7-6-8-20(10-16)13-25(19(4)23(27)24-5)22(26)15-28-14-21-11-17(2)9-18(3)12-21/h6-12,19H,13-15H2,1-5H3,(H,24,27)/t19-/m0/s1. The zero-order valence-electron chi connectivity index (χ0n) is 17.4. The van der Waals surface area contributed by atoms with Gasteiger partial charge in [-0.25, -0.2) is 0 Å². The molecule has 2 amide bonds. The van der Waals surface area contributed by atoms with Crippen molar-refractivity contribution in [3.8, 4) is 0 Å². The predicted octanol–water partition coefficient (Wildman–Crippen LogP) is 4.01. The molecule has 4 nitrogen and oxygen atoms in total. The van der Waals surface area contributed by atoms with Crippen LogP contribution in [0.1, 0.15) is 34.7 Å². The zero-order chi connectivity index (χ0) is 20.7. The van der Waals surface area contributed by atoms with E-state index in [4.69, 9.17) is 0 Å². The van der Waals surface area contributed by atoms with E-state index in [2.05, 4.69) is 43.4 Å². The fraction of sp³-hybridized carbons (Fsp3) is 0.391. The summed E-state index contributed by atoms with van der Waals surface area (Å²) in [6, 6.07) is 14.0. The van der Waals surface area contributed by atoms with Crippen LogP contribution in [0, 0.1) is 20.8 Å². The van der Waals surface area contributed by atoms with Crippen molar-refractivity contribution in [1.82, 2.24) is 10.2 Å². The first kappa shape index (κ1) is 22.0. The van der Waals surface area contributed by atoms with Gasteiger partial charge in [-0.2, -0.15) is 0 Å². The van der Waals surface area contributed by atoms with Gasteiger partial charge >= 0.3 is 0 Å². The number of carbonyl (C=O) groups is 2. The van der Waals surface area contributed by atoms with Gasteiger partial charge in [0.25, 0.3) is 0 Å². The van der Waals surface area contributed by atoms with E-state index < -0.39 is 6.04 Å². The molecule has 0 bridgehead atoms. The van der Waals surface area contributed by atoms with Gasteiger partial charge in [0.15, 0.2) is 0 Å². The molecule has 2 aromatic carbocycles. The Hall–Kier alpha value is -2.27. The van der Waals surface area contributed by atoms with Gasteiger partial charge < -0.3 is 10.2 Å². The Bertz CT molecular complexity index is 815. The van der Waals surface area contributed by atoms with Crippen LogP contribution in [0.4, 0.5) is 0 Å². The third-order valence-electron chi connectivity index (χ3n) is 4.62. The Morgan fingerprint density at radius 2 is 1.64 bits per heavy atom. The number of thioether (sulfide) groups is 1. The van der Waals surface area contributed by atoms with Crippen molar-refractivity contribution in [2.24, 2.45) is 0 Å². The van der Waals surface area contributed by atoms with Crippen molar-refractivity contribution in [2.75, 3.05) is 12.8 Å². The number of benzene rings is 2. The fourth-order valence-corrected chi connectivity index (χ4v) is 4.14. The van der Waals surface area contributed by atoms with E-state index in [-0.39, 0.29) is 11.8 Å². The third-order valence-corrected chi connectivity index (χ3v) is 5.61. The number of nitrogens with one attached hydrogen (secondary N) is 1. The molecule has 1 atom stereocenters. The second-order valence-electron chi connectivity index (χ2n) is 7.29. The number of hydrogen-bond donors (Lipinski definition) is 1. The smallest absolute Gasteiger partial charge is 0.242 e. The summed E-state index contributed by atoms with van der Waals surface area (Å²) in [6.45, 7) is 8.40. The molecule has 0 fully saturated rings. The summed E-state index contributed by atoms with van der Waals surface area (Å²) < 4.78 is 0. The monoisotopic (exact) mass is 398 g/mol. The lowest BCUT2D eigenvalue weighted by atomic mass is 10.1. The van der Waals surface area contributed by atoms with Crippen LogP contribution in [0.5, 0.6) is 0 Å². The van der Waals surface area contributed by atoms with Crippen LogP contribution >= 0.6 is 11.8 Å². The Morgan fingerprint density at radius 1 is 1.00 bits per heavy atom. The van der Waals surface area contributed by atoms with Crippen LogP contribution < -0.4 is 5.32 Å². The molecule has 28 heavy (non-hydrogen) atoms. The van der Waals surface area contributed by atoms with Crippen molar-refractivity contribution in [1.29, 1.82) is 0 Å². The van der Waals surface area contributed by atoms with Gasteiger partial charge in [0, 0.05) is 19.3 Å². The van der Waals surface area contributed by atoms with Crippen LogP contribution in [0.15, 0.2) is 42.5 Å². The lowest BCUT2D eigenvalue weighted by Crippen LogP contribution is -2.47. The Kier molecular flexibility index (Phi) is 8.12. The maximum absolute atomic E-state index is 12.9. The molecular formula is C23H30N2O2S. The van der Waals surface area contributed by atoms with Crippen LogP contribution in [-0.2, 0) is 21.9 Å². The highest BCUT2D eigenvalue weighted by molar-refractivity contribution is 7.99. The molecule has 0 aliphatic heterocycles. The first-order valence-electron chi connectivity index (χ1n) is 9.51. The maximum atomic E-state index is 12.9. The van der Waals surface area contributed by atoms with Crippen LogP contribution in [0.25, 0.3) is 0 Å². The molecule has 0 aromatic heterocycles. The SMILES string of the molecule is CNC(=O)[C@H](C)N(Cc1cccc(C)c1)C(=O)CSCc1cc(C)cc(C)c1. The molecule has 0 saturated heterocycles. The minimum absolute atomic E-state index is 0.0213. The van der Waals surface area contributed by atoms with Crippen molar-refractivity contribution < 1.29 is 9.59 Å². The Morgan fingerprint density at radius 3 is 2.25 bits per heavy atom. The minimum atomic E-state index is -0.514. The molecule has 0 radical (unpaired) electrons. The lowest BCUT2D eigenvalue weighted by molar-refractivity contribution is -0.138. The molecule has 1 N–H and O–H groups in total. The molecule has 0 aliphatic carbocycles. The minimum Gasteiger partial charge on any atom is -0.357 e. The lowest BCUT2D eigenvalue weighted by Gasteiger charge is -2.28. The summed E-state index contributed by atoms with van der Waals surface area (Å²) in [5, 5.41) is 2.65. The molecule has 2 rings (SSSR count). The Balaban J connectivity index is 2.06. The van der Waals surface area contributed by atoms with E-state index >= 15 is 0 Å². The Labute approximate surface area is 172 Å². The third kappa shape index (κ3) is 6.41. The first-order valence-corrected chi connectivity index (χ1v) is 10.7. The fourth-order valence-electron chi connectivity index (χ4n) is 3.29. The molecule has 2 aromatic rings. The normalized spacial score (nSPS) is 11.8. The molecule has 150 valence electrons. The summed E-state index contributed by atoms with van der Waals surface area (Å²) in [4.78, 5) is 26.8. The average Bonchev–Trinajstić information content (AvgIpc) is 2.64. The molecule has 0 unspecified atom stereocenters. The highest BCUT2D eigenvalue weighted by Crippen LogP contribution is 2.18. The molecular weight excluding hydrogens is 368 g/mol. The van der Waals surface area contributed by atoms with Crippen molar-refractivity contribution in [3.05, 3.63) is 70.3 Å². The van der Waals surface area contributed by atoms with Gasteiger partial charge in [0.05, 0.1) is 5.75 Å². The van der Waals surface area contributed by atoms with E-state index in [1.165, 1.54) is 16.7 Å². The van der Waals surface area contributed by atoms with Crippen molar-refractivity contribution in [3.63, 3.8) is 0 Å². The second kappa shape index (κ2) is 10.3. The molecule has 0 heterocycles. The highest BCUT2D eigenvalue weighted by Gasteiger charge is 2.25. The van der Waals surface area contributed by atoms with Gasteiger partial charge in [-0.15, -0.1) is 11.8 Å². The molecule has 0 spiro atoms.